The van der Waals surface area contributed by atoms with E-state index in [1.807, 2.05) is 30.3 Å². The smallest absolute Gasteiger partial charge is 0.315 e. The molecule has 16 heavy (non-hydrogen) atoms. The molecule has 0 spiro atoms. The van der Waals surface area contributed by atoms with E-state index in [0.717, 1.165) is 16.6 Å². The SMILES string of the molecule is COC(=O)C(CN)c1cc2ccccc2[nH]1. The number of hydrogen-bond donors (Lipinski definition) is 2. The minimum Gasteiger partial charge on any atom is -0.468 e. The first-order chi connectivity index (χ1) is 7.76. The number of esters is 1. The fraction of sp³-hybridized carbons (Fsp3) is 0.250. The Morgan fingerprint density at radius 2 is 2.25 bits per heavy atom. The Morgan fingerprint density at radius 1 is 1.50 bits per heavy atom. The molecule has 4 nitrogen and oxygen atoms in total. The molecular weight excluding hydrogens is 204 g/mol. The van der Waals surface area contributed by atoms with Crippen molar-refractivity contribution in [2.75, 3.05) is 13.7 Å². The monoisotopic (exact) mass is 218 g/mol. The van der Waals surface area contributed by atoms with Crippen molar-refractivity contribution in [3.63, 3.8) is 0 Å². The second-order valence-corrected chi connectivity index (χ2v) is 3.62. The first kappa shape index (κ1) is 10.7. The predicted octanol–water partition coefficient (Wildman–Crippen LogP) is 1.38. The lowest BCUT2D eigenvalue weighted by molar-refractivity contribution is -0.142. The third-order valence-electron chi connectivity index (χ3n) is 2.65. The number of nitrogens with one attached hydrogen (secondary N) is 1. The van der Waals surface area contributed by atoms with Crippen LogP contribution in [-0.2, 0) is 9.53 Å². The van der Waals surface area contributed by atoms with Gasteiger partial charge in [0.05, 0.1) is 7.11 Å². The largest absolute Gasteiger partial charge is 0.468 e. The summed E-state index contributed by atoms with van der Waals surface area (Å²) in [5.74, 6) is -0.730. The van der Waals surface area contributed by atoms with Crippen LogP contribution in [0.4, 0.5) is 0 Å². The quantitative estimate of drug-likeness (QED) is 0.765. The van der Waals surface area contributed by atoms with Gasteiger partial charge < -0.3 is 15.5 Å². The van der Waals surface area contributed by atoms with E-state index in [0.29, 0.717) is 0 Å². The van der Waals surface area contributed by atoms with E-state index in [-0.39, 0.29) is 12.5 Å². The molecule has 0 bridgehead atoms. The summed E-state index contributed by atoms with van der Waals surface area (Å²) in [7, 11) is 1.37. The Bertz CT molecular complexity index is 471. The number of para-hydroxylation sites is 1. The summed E-state index contributed by atoms with van der Waals surface area (Å²) in [4.78, 5) is 14.7. The van der Waals surface area contributed by atoms with Crippen molar-refractivity contribution in [2.45, 2.75) is 5.92 Å². The number of H-pyrrole nitrogens is 1. The van der Waals surface area contributed by atoms with Gasteiger partial charge in [0, 0.05) is 17.8 Å². The molecule has 84 valence electrons. The Balaban J connectivity index is 2.41. The van der Waals surface area contributed by atoms with Crippen LogP contribution in [0.15, 0.2) is 30.3 Å². The first-order valence-electron chi connectivity index (χ1n) is 5.12. The molecule has 1 heterocycles. The van der Waals surface area contributed by atoms with Gasteiger partial charge in [-0.1, -0.05) is 18.2 Å². The fourth-order valence-electron chi connectivity index (χ4n) is 1.78. The molecule has 0 aliphatic carbocycles. The summed E-state index contributed by atoms with van der Waals surface area (Å²) in [5, 5.41) is 1.07. The number of aromatic nitrogens is 1. The van der Waals surface area contributed by atoms with Gasteiger partial charge in [0.1, 0.15) is 5.92 Å². The highest BCUT2D eigenvalue weighted by atomic mass is 16.5. The van der Waals surface area contributed by atoms with Crippen LogP contribution in [0.3, 0.4) is 0 Å². The molecule has 1 unspecified atom stereocenters. The lowest BCUT2D eigenvalue weighted by atomic mass is 10.1. The van der Waals surface area contributed by atoms with Crippen LogP contribution in [0.1, 0.15) is 11.6 Å². The number of aromatic amines is 1. The van der Waals surface area contributed by atoms with Crippen molar-refractivity contribution in [3.8, 4) is 0 Å². The first-order valence-corrected chi connectivity index (χ1v) is 5.12. The van der Waals surface area contributed by atoms with Gasteiger partial charge in [-0.05, 0) is 17.5 Å². The normalized spacial score (nSPS) is 12.6. The van der Waals surface area contributed by atoms with Gasteiger partial charge in [0.2, 0.25) is 0 Å². The summed E-state index contributed by atoms with van der Waals surface area (Å²) in [5.41, 5.74) is 7.38. The Hall–Kier alpha value is -1.81. The van der Waals surface area contributed by atoms with Crippen molar-refractivity contribution < 1.29 is 9.53 Å². The molecule has 0 amide bonds. The Morgan fingerprint density at radius 3 is 2.88 bits per heavy atom. The van der Waals surface area contributed by atoms with E-state index in [1.165, 1.54) is 7.11 Å². The van der Waals surface area contributed by atoms with Crippen LogP contribution in [0.5, 0.6) is 0 Å². The number of rotatable bonds is 3. The topological polar surface area (TPSA) is 68.1 Å². The number of carbonyl (C=O) groups is 1. The molecule has 4 heteroatoms. The van der Waals surface area contributed by atoms with E-state index in [2.05, 4.69) is 4.98 Å². The minimum atomic E-state index is -0.419. The van der Waals surface area contributed by atoms with Crippen LogP contribution >= 0.6 is 0 Å². The molecule has 0 aliphatic heterocycles. The van der Waals surface area contributed by atoms with Crippen molar-refractivity contribution in [3.05, 3.63) is 36.0 Å². The average molecular weight is 218 g/mol. The zero-order valence-electron chi connectivity index (χ0n) is 9.07. The van der Waals surface area contributed by atoms with Crippen molar-refractivity contribution in [2.24, 2.45) is 5.73 Å². The molecule has 0 fully saturated rings. The predicted molar refractivity (Wildman–Crippen MR) is 62.1 cm³/mol. The molecule has 0 saturated carbocycles. The van der Waals surface area contributed by atoms with Gasteiger partial charge in [-0.15, -0.1) is 0 Å². The van der Waals surface area contributed by atoms with Gasteiger partial charge in [0.25, 0.3) is 0 Å². The number of benzene rings is 1. The lowest BCUT2D eigenvalue weighted by Crippen LogP contribution is -2.23. The van der Waals surface area contributed by atoms with E-state index in [1.54, 1.807) is 0 Å². The molecule has 0 saturated heterocycles. The number of hydrogen-bond acceptors (Lipinski definition) is 3. The third-order valence-corrected chi connectivity index (χ3v) is 2.65. The van der Waals surface area contributed by atoms with Crippen LogP contribution in [0.25, 0.3) is 10.9 Å². The second kappa shape index (κ2) is 4.37. The van der Waals surface area contributed by atoms with E-state index >= 15 is 0 Å². The number of ether oxygens (including phenoxy) is 1. The van der Waals surface area contributed by atoms with Gasteiger partial charge in [-0.25, -0.2) is 0 Å². The molecular formula is C12H14N2O2. The molecule has 1 atom stereocenters. The summed E-state index contributed by atoms with van der Waals surface area (Å²) < 4.78 is 4.71. The van der Waals surface area contributed by atoms with E-state index < -0.39 is 5.92 Å². The average Bonchev–Trinajstić information content (AvgIpc) is 2.72. The third kappa shape index (κ3) is 1.79. The fourth-order valence-corrected chi connectivity index (χ4v) is 1.78. The molecule has 1 aromatic carbocycles. The summed E-state index contributed by atoms with van der Waals surface area (Å²) in [6.07, 6.45) is 0. The number of carbonyl (C=O) groups excluding carboxylic acids is 1. The van der Waals surface area contributed by atoms with Crippen LogP contribution in [0, 0.1) is 0 Å². The number of methoxy groups -OCH3 is 1. The molecule has 2 rings (SSSR count). The molecule has 3 N–H and O–H groups in total. The van der Waals surface area contributed by atoms with Crippen LogP contribution in [-0.4, -0.2) is 24.6 Å². The second-order valence-electron chi connectivity index (χ2n) is 3.62. The van der Waals surface area contributed by atoms with Gasteiger partial charge >= 0.3 is 5.97 Å². The van der Waals surface area contributed by atoms with E-state index in [9.17, 15) is 4.79 Å². The van der Waals surface area contributed by atoms with Crippen molar-refractivity contribution >= 4 is 16.9 Å². The van der Waals surface area contributed by atoms with Crippen molar-refractivity contribution in [1.29, 1.82) is 0 Å². The van der Waals surface area contributed by atoms with Gasteiger partial charge in [-0.3, -0.25) is 4.79 Å². The Labute approximate surface area is 93.4 Å². The molecule has 1 aromatic heterocycles. The standard InChI is InChI=1S/C12H14N2O2/c1-16-12(15)9(7-13)11-6-8-4-2-3-5-10(8)14-11/h2-6,9,14H,7,13H2,1H3. The van der Waals surface area contributed by atoms with Crippen molar-refractivity contribution in [1.82, 2.24) is 4.98 Å². The number of fused-ring (bicyclic) bond motifs is 1. The zero-order chi connectivity index (χ0) is 11.5. The lowest BCUT2D eigenvalue weighted by Gasteiger charge is -2.09. The highest BCUT2D eigenvalue weighted by molar-refractivity contribution is 5.84. The molecule has 2 aromatic rings. The molecule has 0 radical (unpaired) electrons. The number of nitrogens with two attached hydrogens (primary N) is 1. The van der Waals surface area contributed by atoms with E-state index in [4.69, 9.17) is 10.5 Å². The highest BCUT2D eigenvalue weighted by Crippen LogP contribution is 2.21. The maximum absolute atomic E-state index is 11.5. The summed E-state index contributed by atoms with van der Waals surface area (Å²) >= 11 is 0. The van der Waals surface area contributed by atoms with Crippen LogP contribution < -0.4 is 5.73 Å². The maximum atomic E-state index is 11.5. The maximum Gasteiger partial charge on any atom is 0.315 e. The summed E-state index contributed by atoms with van der Waals surface area (Å²) in [6.45, 7) is 0.236. The summed E-state index contributed by atoms with van der Waals surface area (Å²) in [6, 6.07) is 9.78. The highest BCUT2D eigenvalue weighted by Gasteiger charge is 2.21. The zero-order valence-corrected chi connectivity index (χ0v) is 9.07. The van der Waals surface area contributed by atoms with Crippen LogP contribution in [0.2, 0.25) is 0 Å². The Kier molecular flexibility index (Phi) is 2.92. The van der Waals surface area contributed by atoms with Gasteiger partial charge in [0.15, 0.2) is 0 Å². The minimum absolute atomic E-state index is 0.236. The van der Waals surface area contributed by atoms with Gasteiger partial charge in [-0.2, -0.15) is 0 Å². The molecule has 0 aliphatic rings.